The van der Waals surface area contributed by atoms with Crippen molar-refractivity contribution in [2.24, 2.45) is 0 Å². The largest absolute Gasteiger partial charge is 0.472 e. The van der Waals surface area contributed by atoms with Crippen molar-refractivity contribution in [3.8, 4) is 40.1 Å². The number of amides is 1. The molecule has 2 aromatic carbocycles. The quantitative estimate of drug-likeness (QED) is 0.221. The van der Waals surface area contributed by atoms with Gasteiger partial charge in [-0.05, 0) is 87.9 Å². The predicted octanol–water partition coefficient (Wildman–Crippen LogP) is 5.85. The third-order valence-electron chi connectivity index (χ3n) is 10.8. The Balaban J connectivity index is 1.22. The summed E-state index contributed by atoms with van der Waals surface area (Å²) in [6, 6.07) is 6.52. The van der Waals surface area contributed by atoms with Crippen molar-refractivity contribution < 1.29 is 22.7 Å². The van der Waals surface area contributed by atoms with Crippen LogP contribution < -0.4 is 15.4 Å². The van der Waals surface area contributed by atoms with Crippen LogP contribution in [0.3, 0.4) is 0 Å². The van der Waals surface area contributed by atoms with E-state index in [9.17, 15) is 9.18 Å². The molecule has 4 aliphatic rings. The maximum Gasteiger partial charge on any atom is 0.319 e. The molecule has 9 rings (SSSR count). The molecule has 2 N–H and O–H groups in total. The Morgan fingerprint density at radius 1 is 1.10 bits per heavy atom. The first-order chi connectivity index (χ1) is 23.8. The number of nitrogens with zero attached hydrogens (tertiary/aromatic N) is 6. The van der Waals surface area contributed by atoms with Crippen LogP contribution in [0.5, 0.6) is 6.01 Å². The molecular formula is C36H33F2N7O3S. The van der Waals surface area contributed by atoms with E-state index in [4.69, 9.17) is 24.9 Å². The first kappa shape index (κ1) is 30.3. The van der Waals surface area contributed by atoms with Crippen molar-refractivity contribution in [3.05, 3.63) is 48.4 Å². The smallest absolute Gasteiger partial charge is 0.319 e. The van der Waals surface area contributed by atoms with Crippen molar-refractivity contribution in [3.63, 3.8) is 0 Å². The Labute approximate surface area is 284 Å². The van der Waals surface area contributed by atoms with Gasteiger partial charge in [-0.2, -0.15) is 9.97 Å². The van der Waals surface area contributed by atoms with Gasteiger partial charge < -0.3 is 24.7 Å². The Morgan fingerprint density at radius 3 is 2.71 bits per heavy atom. The minimum atomic E-state index is -0.610. The molecule has 1 unspecified atom stereocenters. The summed E-state index contributed by atoms with van der Waals surface area (Å²) in [6.45, 7) is 5.27. The number of benzene rings is 2. The topological polar surface area (TPSA) is 114 Å². The summed E-state index contributed by atoms with van der Waals surface area (Å²) in [5.41, 5.74) is 8.05. The summed E-state index contributed by atoms with van der Waals surface area (Å²) < 4.78 is 44.5. The molecule has 5 aromatic rings. The number of carbonyl (C=O) groups excluding carboxylic acids is 1. The van der Waals surface area contributed by atoms with Crippen molar-refractivity contribution >= 4 is 49.3 Å². The molecule has 3 aromatic heterocycles. The van der Waals surface area contributed by atoms with Gasteiger partial charge >= 0.3 is 6.01 Å². The normalized spacial score (nSPS) is 21.1. The van der Waals surface area contributed by atoms with Gasteiger partial charge in [0.25, 0.3) is 5.91 Å². The van der Waals surface area contributed by atoms with Gasteiger partial charge in [0.1, 0.15) is 23.8 Å². The van der Waals surface area contributed by atoms with E-state index >= 15 is 4.39 Å². The van der Waals surface area contributed by atoms with Crippen molar-refractivity contribution in [1.29, 1.82) is 0 Å². The Bertz CT molecular complexity index is 2200. The molecule has 250 valence electrons. The first-order valence-corrected chi connectivity index (χ1v) is 17.5. The SMILES string of the molecule is CC#CC(=O)N1CCC2[C@H]1CN2c1nc(OCC23CCCN2CCC3)nc2c(F)c(-c3ccc(F)c4sc(N)nc34)c(-c3ccoc3)cc12. The van der Waals surface area contributed by atoms with Crippen LogP contribution in [-0.2, 0) is 4.79 Å². The van der Waals surface area contributed by atoms with E-state index in [1.165, 1.54) is 18.4 Å². The average molecular weight is 682 g/mol. The summed E-state index contributed by atoms with van der Waals surface area (Å²) in [5.74, 6) is 4.66. The number of carbonyl (C=O) groups is 1. The number of hydrogen-bond acceptors (Lipinski definition) is 10. The second-order valence-corrected chi connectivity index (χ2v) is 14.4. The summed E-state index contributed by atoms with van der Waals surface area (Å²) in [7, 11) is 0. The number of rotatable bonds is 6. The van der Waals surface area contributed by atoms with Gasteiger partial charge in [-0.3, -0.25) is 9.69 Å². The van der Waals surface area contributed by atoms with Crippen LogP contribution in [0.15, 0.2) is 41.2 Å². The number of nitrogens with two attached hydrogens (primary N) is 1. The molecule has 0 bridgehead atoms. The monoisotopic (exact) mass is 681 g/mol. The third-order valence-corrected chi connectivity index (χ3v) is 11.7. The van der Waals surface area contributed by atoms with Crippen LogP contribution >= 0.6 is 11.3 Å². The van der Waals surface area contributed by atoms with E-state index in [0.29, 0.717) is 47.6 Å². The molecule has 7 heterocycles. The molecule has 0 aliphatic carbocycles. The zero-order chi connectivity index (χ0) is 33.4. The van der Waals surface area contributed by atoms with Crippen LogP contribution in [0.25, 0.3) is 43.4 Å². The molecule has 4 fully saturated rings. The lowest BCUT2D eigenvalue weighted by Crippen LogP contribution is -2.63. The molecule has 49 heavy (non-hydrogen) atoms. The zero-order valence-electron chi connectivity index (χ0n) is 26.8. The van der Waals surface area contributed by atoms with Gasteiger partial charge in [0, 0.05) is 35.2 Å². The maximum absolute atomic E-state index is 17.4. The average Bonchev–Trinajstić information content (AvgIpc) is 3.91. The molecule has 1 amide bonds. The van der Waals surface area contributed by atoms with Crippen LogP contribution in [0.4, 0.5) is 19.7 Å². The molecule has 0 radical (unpaired) electrons. The maximum atomic E-state index is 17.4. The summed E-state index contributed by atoms with van der Waals surface area (Å²) in [5, 5.41) is 0.681. The number of hydrogen-bond donors (Lipinski definition) is 1. The minimum absolute atomic E-state index is 0.0119. The highest BCUT2D eigenvalue weighted by atomic mass is 32.1. The number of halogens is 2. The molecule has 4 aliphatic heterocycles. The number of fused-ring (bicyclic) bond motifs is 4. The molecule has 2 atom stereocenters. The number of ether oxygens (including phenoxy) is 1. The van der Waals surface area contributed by atoms with Crippen molar-refractivity contribution in [2.75, 3.05) is 43.4 Å². The summed E-state index contributed by atoms with van der Waals surface area (Å²) in [6.07, 6.45) is 8.11. The lowest BCUT2D eigenvalue weighted by molar-refractivity contribution is -0.126. The van der Waals surface area contributed by atoms with Gasteiger partial charge in [0.05, 0.1) is 40.4 Å². The highest BCUT2D eigenvalue weighted by molar-refractivity contribution is 7.22. The number of aromatic nitrogens is 3. The molecule has 13 heteroatoms. The molecule has 10 nitrogen and oxygen atoms in total. The van der Waals surface area contributed by atoms with E-state index in [1.54, 1.807) is 19.3 Å². The number of anilines is 2. The molecule has 0 spiro atoms. The highest BCUT2D eigenvalue weighted by Crippen LogP contribution is 2.47. The van der Waals surface area contributed by atoms with E-state index in [2.05, 4.69) is 26.6 Å². The first-order valence-electron chi connectivity index (χ1n) is 16.6. The van der Waals surface area contributed by atoms with E-state index in [1.807, 2.05) is 11.0 Å². The number of likely N-dealkylation sites (tertiary alicyclic amines) is 1. The molecule has 4 saturated heterocycles. The van der Waals surface area contributed by atoms with Crippen LogP contribution in [0.1, 0.15) is 39.0 Å². The highest BCUT2D eigenvalue weighted by Gasteiger charge is 2.50. The van der Waals surface area contributed by atoms with Crippen LogP contribution in [-0.4, -0.2) is 81.1 Å². The van der Waals surface area contributed by atoms with Gasteiger partial charge in [0.15, 0.2) is 10.9 Å². The van der Waals surface area contributed by atoms with Crippen LogP contribution in [0.2, 0.25) is 0 Å². The Kier molecular flexibility index (Phi) is 7.03. The second-order valence-electron chi connectivity index (χ2n) is 13.3. The predicted molar refractivity (Wildman–Crippen MR) is 183 cm³/mol. The van der Waals surface area contributed by atoms with Crippen LogP contribution in [0, 0.1) is 23.5 Å². The lowest BCUT2D eigenvalue weighted by atomic mass is 9.91. The van der Waals surface area contributed by atoms with E-state index in [-0.39, 0.29) is 56.0 Å². The molecular weight excluding hydrogens is 649 g/mol. The van der Waals surface area contributed by atoms with Gasteiger partial charge in [-0.15, -0.1) is 0 Å². The number of furan rings is 1. The van der Waals surface area contributed by atoms with Gasteiger partial charge in [-0.25, -0.2) is 13.8 Å². The lowest BCUT2D eigenvalue weighted by Gasteiger charge is -2.47. The fourth-order valence-corrected chi connectivity index (χ4v) is 9.30. The van der Waals surface area contributed by atoms with Crippen molar-refractivity contribution in [2.45, 2.75) is 56.7 Å². The summed E-state index contributed by atoms with van der Waals surface area (Å²) in [4.78, 5) is 33.3. The Hall–Kier alpha value is -4.80. The fraction of sp³-hybridized carbons (Fsp3) is 0.389. The number of nitrogen functional groups attached to an aromatic ring is 1. The van der Waals surface area contributed by atoms with Gasteiger partial charge in [-0.1, -0.05) is 17.3 Å². The fourth-order valence-electron chi connectivity index (χ4n) is 8.53. The van der Waals surface area contributed by atoms with Gasteiger partial charge in [0.2, 0.25) is 0 Å². The summed E-state index contributed by atoms with van der Waals surface area (Å²) >= 11 is 1.02. The minimum Gasteiger partial charge on any atom is -0.472 e. The Morgan fingerprint density at radius 2 is 1.94 bits per heavy atom. The standard InChI is InChI=1S/C36H33F2N7O3S/c1-2-5-27(46)44-14-8-25-26(44)17-45(25)33-23-16-22(20-9-15-47-18-20)28(21-6-7-24(37)32-31(21)40-34(39)49-32)29(38)30(23)41-35(42-33)48-19-36-10-3-12-43(36)13-4-11-36/h6-7,9,15-16,18,25-26H,3-4,8,10-14,17,19H2,1H3,(H2,39,40)/t25?,26-/m1/s1. The van der Waals surface area contributed by atoms with E-state index in [0.717, 1.165) is 56.5 Å². The second kappa shape index (κ2) is 11.4. The van der Waals surface area contributed by atoms with Crippen molar-refractivity contribution in [1.82, 2.24) is 24.8 Å². The number of thiazole rings is 1. The zero-order valence-corrected chi connectivity index (χ0v) is 27.7. The third kappa shape index (κ3) is 4.68. The molecule has 0 saturated carbocycles. The van der Waals surface area contributed by atoms with E-state index < -0.39 is 11.6 Å².